The maximum absolute atomic E-state index is 9.60. The zero-order chi connectivity index (χ0) is 19.1. The highest BCUT2D eigenvalue weighted by Crippen LogP contribution is 2.31. The molecular weight excluding hydrogens is 374 g/mol. The van der Waals surface area contributed by atoms with Crippen LogP contribution in [0.25, 0.3) is 0 Å². The van der Waals surface area contributed by atoms with Crippen molar-refractivity contribution < 1.29 is 0 Å². The Labute approximate surface area is 169 Å². The molecule has 0 aliphatic heterocycles. The van der Waals surface area contributed by atoms with Crippen molar-refractivity contribution in [3.05, 3.63) is 101 Å². The molecule has 0 saturated heterocycles. The summed E-state index contributed by atoms with van der Waals surface area (Å²) in [4.78, 5) is 0. The molecule has 0 heterocycles. The average Bonchev–Trinajstić information content (AvgIpc) is 2.70. The van der Waals surface area contributed by atoms with Crippen LogP contribution >= 0.6 is 23.8 Å². The van der Waals surface area contributed by atoms with E-state index in [-0.39, 0.29) is 0 Å². The number of benzene rings is 3. The molecule has 0 spiro atoms. The van der Waals surface area contributed by atoms with Crippen LogP contribution in [0.3, 0.4) is 0 Å². The van der Waals surface area contributed by atoms with Crippen molar-refractivity contribution in [2.24, 2.45) is 0 Å². The fourth-order valence-corrected chi connectivity index (χ4v) is 3.24. The van der Waals surface area contributed by atoms with Crippen molar-refractivity contribution in [2.45, 2.75) is 12.5 Å². The largest absolute Gasteiger partial charge is 0.358 e. The number of anilines is 1. The molecule has 3 rings (SSSR count). The first-order valence-electron chi connectivity index (χ1n) is 8.50. The predicted octanol–water partition coefficient (Wildman–Crippen LogP) is 5.48. The minimum atomic E-state index is -0.407. The highest BCUT2D eigenvalue weighted by Gasteiger charge is 2.16. The van der Waals surface area contributed by atoms with Crippen LogP contribution in [0.4, 0.5) is 5.69 Å². The fraction of sp³-hybridized carbons (Fsp3) is 0.0909. The van der Waals surface area contributed by atoms with Crippen molar-refractivity contribution >= 4 is 34.6 Å². The van der Waals surface area contributed by atoms with Crippen LogP contribution in [-0.2, 0) is 6.54 Å². The van der Waals surface area contributed by atoms with Crippen LogP contribution in [0.2, 0.25) is 5.02 Å². The van der Waals surface area contributed by atoms with E-state index in [0.717, 1.165) is 22.4 Å². The second-order valence-corrected chi connectivity index (χ2v) is 6.82. The maximum atomic E-state index is 9.60. The molecule has 0 aliphatic rings. The maximum Gasteiger partial charge on any atom is 0.171 e. The lowest BCUT2D eigenvalue weighted by Crippen LogP contribution is -2.27. The lowest BCUT2D eigenvalue weighted by atomic mass is 9.92. The number of thiocarbonyl (C=S) groups is 1. The van der Waals surface area contributed by atoms with Crippen molar-refractivity contribution in [1.82, 2.24) is 5.32 Å². The van der Waals surface area contributed by atoms with Crippen molar-refractivity contribution in [3.8, 4) is 6.07 Å². The Bertz CT molecular complexity index is 952. The number of nitrogens with zero attached hydrogens (tertiary/aromatic N) is 1. The molecule has 0 aromatic heterocycles. The summed E-state index contributed by atoms with van der Waals surface area (Å²) in [5, 5.41) is 16.9. The van der Waals surface area contributed by atoms with Crippen LogP contribution in [0.5, 0.6) is 0 Å². The Morgan fingerprint density at radius 1 is 1.00 bits per heavy atom. The predicted molar refractivity (Wildman–Crippen MR) is 115 cm³/mol. The standard InChI is InChI=1S/C22H18ClN3S/c23-21-13-18(26-22(27)25-15-16-7-3-1-4-8-16)11-12-19(21)20(14-24)17-9-5-2-6-10-17/h1-13,20H,15H2,(H2,25,26,27)/t20-/m0/s1. The van der Waals surface area contributed by atoms with E-state index in [1.165, 1.54) is 0 Å². The first-order chi connectivity index (χ1) is 13.2. The Balaban J connectivity index is 1.67. The molecular formula is C22H18ClN3S. The number of hydrogen-bond acceptors (Lipinski definition) is 2. The minimum Gasteiger partial charge on any atom is -0.358 e. The zero-order valence-electron chi connectivity index (χ0n) is 14.5. The molecule has 1 atom stereocenters. The van der Waals surface area contributed by atoms with E-state index in [1.54, 1.807) is 6.07 Å². The van der Waals surface area contributed by atoms with Gasteiger partial charge in [-0.3, -0.25) is 0 Å². The first kappa shape index (κ1) is 18.9. The molecule has 27 heavy (non-hydrogen) atoms. The molecule has 0 unspecified atom stereocenters. The van der Waals surface area contributed by atoms with Crippen LogP contribution in [-0.4, -0.2) is 5.11 Å². The lowest BCUT2D eigenvalue weighted by molar-refractivity contribution is 0.926. The van der Waals surface area contributed by atoms with Gasteiger partial charge in [-0.05, 0) is 41.0 Å². The Morgan fingerprint density at radius 2 is 1.67 bits per heavy atom. The van der Waals surface area contributed by atoms with Gasteiger partial charge >= 0.3 is 0 Å². The van der Waals surface area contributed by atoms with Crippen molar-refractivity contribution in [3.63, 3.8) is 0 Å². The molecule has 0 fully saturated rings. The van der Waals surface area contributed by atoms with Gasteiger partial charge in [0.1, 0.15) is 0 Å². The second kappa shape index (κ2) is 9.18. The van der Waals surface area contributed by atoms with E-state index >= 15 is 0 Å². The second-order valence-electron chi connectivity index (χ2n) is 6.00. The molecule has 5 heteroatoms. The smallest absolute Gasteiger partial charge is 0.171 e. The van der Waals surface area contributed by atoms with Crippen LogP contribution in [0, 0.1) is 11.3 Å². The summed E-state index contributed by atoms with van der Waals surface area (Å²) in [5.41, 5.74) is 3.62. The molecule has 3 aromatic rings. The van der Waals surface area contributed by atoms with Gasteiger partial charge in [-0.15, -0.1) is 0 Å². The van der Waals surface area contributed by atoms with Gasteiger partial charge in [0.2, 0.25) is 0 Å². The molecule has 2 N–H and O–H groups in total. The minimum absolute atomic E-state index is 0.407. The first-order valence-corrected chi connectivity index (χ1v) is 9.29. The third-order valence-electron chi connectivity index (χ3n) is 4.13. The normalized spacial score (nSPS) is 11.3. The molecule has 0 saturated carbocycles. The topological polar surface area (TPSA) is 47.9 Å². The number of halogens is 1. The van der Waals surface area contributed by atoms with Gasteiger partial charge in [0.25, 0.3) is 0 Å². The van der Waals surface area contributed by atoms with Gasteiger partial charge in [-0.1, -0.05) is 78.3 Å². The van der Waals surface area contributed by atoms with E-state index < -0.39 is 5.92 Å². The van der Waals surface area contributed by atoms with Gasteiger partial charge in [-0.2, -0.15) is 5.26 Å². The molecule has 0 radical (unpaired) electrons. The number of hydrogen-bond donors (Lipinski definition) is 2. The Morgan fingerprint density at radius 3 is 2.30 bits per heavy atom. The molecule has 3 nitrogen and oxygen atoms in total. The van der Waals surface area contributed by atoms with Gasteiger partial charge in [0, 0.05) is 17.3 Å². The Hall–Kier alpha value is -2.87. The van der Waals surface area contributed by atoms with Gasteiger partial charge < -0.3 is 10.6 Å². The lowest BCUT2D eigenvalue weighted by Gasteiger charge is -2.15. The van der Waals surface area contributed by atoms with Crippen LogP contribution in [0.1, 0.15) is 22.6 Å². The summed E-state index contributed by atoms with van der Waals surface area (Å²) >= 11 is 11.8. The zero-order valence-corrected chi connectivity index (χ0v) is 16.1. The van der Waals surface area contributed by atoms with E-state index in [1.807, 2.05) is 72.8 Å². The quantitative estimate of drug-likeness (QED) is 0.565. The molecule has 0 amide bonds. The molecule has 3 aromatic carbocycles. The van der Waals surface area contributed by atoms with E-state index in [0.29, 0.717) is 16.7 Å². The Kier molecular flexibility index (Phi) is 6.43. The van der Waals surface area contributed by atoms with E-state index in [4.69, 9.17) is 23.8 Å². The van der Waals surface area contributed by atoms with Crippen LogP contribution < -0.4 is 10.6 Å². The van der Waals surface area contributed by atoms with Crippen LogP contribution in [0.15, 0.2) is 78.9 Å². The fourth-order valence-electron chi connectivity index (χ4n) is 2.76. The molecule has 0 bridgehead atoms. The average molecular weight is 392 g/mol. The monoisotopic (exact) mass is 391 g/mol. The summed E-state index contributed by atoms with van der Waals surface area (Å²) in [6, 6.07) is 27.5. The van der Waals surface area contributed by atoms with E-state index in [2.05, 4.69) is 16.7 Å². The molecule has 134 valence electrons. The van der Waals surface area contributed by atoms with Crippen molar-refractivity contribution in [1.29, 1.82) is 5.26 Å². The third-order valence-corrected chi connectivity index (χ3v) is 4.70. The summed E-state index contributed by atoms with van der Waals surface area (Å²) in [7, 11) is 0. The van der Waals surface area contributed by atoms with Gasteiger partial charge in [0.15, 0.2) is 5.11 Å². The molecule has 0 aliphatic carbocycles. The highest BCUT2D eigenvalue weighted by molar-refractivity contribution is 7.80. The van der Waals surface area contributed by atoms with Gasteiger partial charge in [0.05, 0.1) is 12.0 Å². The van der Waals surface area contributed by atoms with E-state index in [9.17, 15) is 5.26 Å². The number of rotatable bonds is 5. The SMILES string of the molecule is N#C[C@@H](c1ccccc1)c1ccc(NC(=S)NCc2ccccc2)cc1Cl. The van der Waals surface area contributed by atoms with Gasteiger partial charge in [-0.25, -0.2) is 0 Å². The number of nitriles is 1. The van der Waals surface area contributed by atoms with Crippen molar-refractivity contribution in [2.75, 3.05) is 5.32 Å². The summed E-state index contributed by atoms with van der Waals surface area (Å²) < 4.78 is 0. The summed E-state index contributed by atoms with van der Waals surface area (Å²) in [5.74, 6) is -0.407. The highest BCUT2D eigenvalue weighted by atomic mass is 35.5. The summed E-state index contributed by atoms with van der Waals surface area (Å²) in [6.45, 7) is 0.642. The summed E-state index contributed by atoms with van der Waals surface area (Å²) in [6.07, 6.45) is 0. The number of nitrogens with one attached hydrogen (secondary N) is 2. The third kappa shape index (κ3) is 5.07.